The fraction of sp³-hybridized carbons (Fsp3) is 0.167. The maximum Gasteiger partial charge on any atom is 0.512 e. The van der Waals surface area contributed by atoms with Crippen LogP contribution in [-0.2, 0) is 20.0 Å². The number of aryl methyl sites for hydroxylation is 1. The Bertz CT molecular complexity index is 2040. The van der Waals surface area contributed by atoms with E-state index in [1.165, 1.54) is 72.8 Å². The standard InChI is InChI=1S/C36H35F3N4O4S2/c1-26-22-24-31(25-23-26)48(44,45)42(34(29-18-10-4-11-19-29)32(40)27-14-6-2-7-15-27)43(49(46,47)36(37,38)39)35(30-20-12-5-13-21-30)33(41)28-16-8-3-9-17-28/h2-25,32-35H,40-41H2,1H3. The first-order valence-corrected chi connectivity index (χ1v) is 18.1. The molecular weight excluding hydrogens is 674 g/mol. The molecule has 5 aromatic rings. The molecule has 0 aliphatic carbocycles. The average Bonchev–Trinajstić information content (AvgIpc) is 3.10. The number of halogens is 3. The molecule has 4 atom stereocenters. The lowest BCUT2D eigenvalue weighted by Crippen LogP contribution is -2.58. The average molecular weight is 709 g/mol. The molecule has 13 heteroatoms. The van der Waals surface area contributed by atoms with E-state index in [0.717, 1.165) is 0 Å². The van der Waals surface area contributed by atoms with E-state index in [1.54, 1.807) is 79.7 Å². The molecule has 5 rings (SSSR count). The van der Waals surface area contributed by atoms with E-state index in [1.807, 2.05) is 0 Å². The van der Waals surface area contributed by atoms with E-state index in [4.69, 9.17) is 11.5 Å². The van der Waals surface area contributed by atoms with Crippen molar-refractivity contribution in [3.63, 3.8) is 0 Å². The zero-order valence-electron chi connectivity index (χ0n) is 26.3. The minimum Gasteiger partial charge on any atom is -0.322 e. The van der Waals surface area contributed by atoms with Gasteiger partial charge in [-0.1, -0.05) is 139 Å². The van der Waals surface area contributed by atoms with Crippen LogP contribution in [0.2, 0.25) is 0 Å². The van der Waals surface area contributed by atoms with Crippen molar-refractivity contribution in [2.75, 3.05) is 0 Å². The van der Waals surface area contributed by atoms with Crippen molar-refractivity contribution in [3.8, 4) is 0 Å². The lowest BCUT2D eigenvalue weighted by molar-refractivity contribution is -0.0629. The number of hydrogen-bond acceptors (Lipinski definition) is 6. The molecule has 0 saturated heterocycles. The molecule has 0 bridgehead atoms. The van der Waals surface area contributed by atoms with Crippen LogP contribution in [-0.4, -0.2) is 31.2 Å². The Morgan fingerprint density at radius 1 is 0.510 bits per heavy atom. The molecule has 8 nitrogen and oxygen atoms in total. The monoisotopic (exact) mass is 708 g/mol. The third-order valence-electron chi connectivity index (χ3n) is 8.11. The van der Waals surface area contributed by atoms with Crippen molar-refractivity contribution >= 4 is 20.0 Å². The smallest absolute Gasteiger partial charge is 0.322 e. The number of alkyl halides is 3. The van der Waals surface area contributed by atoms with Crippen molar-refractivity contribution in [2.24, 2.45) is 11.5 Å². The van der Waals surface area contributed by atoms with Gasteiger partial charge in [0.15, 0.2) is 0 Å². The summed E-state index contributed by atoms with van der Waals surface area (Å²) < 4.78 is 104. The van der Waals surface area contributed by atoms with Gasteiger partial charge in [0, 0.05) is 0 Å². The predicted octanol–water partition coefficient (Wildman–Crippen LogP) is 6.93. The topological polar surface area (TPSA) is 127 Å². The molecule has 0 radical (unpaired) electrons. The Morgan fingerprint density at radius 3 is 1.18 bits per heavy atom. The molecule has 0 aliphatic heterocycles. The molecule has 4 unspecified atom stereocenters. The van der Waals surface area contributed by atoms with Crippen LogP contribution in [0.3, 0.4) is 0 Å². The predicted molar refractivity (Wildman–Crippen MR) is 182 cm³/mol. The third-order valence-corrected chi connectivity index (χ3v) is 11.5. The first kappa shape index (κ1) is 35.9. The number of sulfonamides is 2. The fourth-order valence-electron chi connectivity index (χ4n) is 5.64. The van der Waals surface area contributed by atoms with Crippen molar-refractivity contribution < 1.29 is 30.0 Å². The summed E-state index contributed by atoms with van der Waals surface area (Å²) in [5.41, 5.74) is 9.03. The summed E-state index contributed by atoms with van der Waals surface area (Å²) in [6.45, 7) is 1.71. The number of nitrogens with two attached hydrogens (primary N) is 2. The van der Waals surface area contributed by atoms with Gasteiger partial charge in [-0.3, -0.25) is 0 Å². The summed E-state index contributed by atoms with van der Waals surface area (Å²) in [4.78, 5) is -0.457. The van der Waals surface area contributed by atoms with Gasteiger partial charge in [-0.15, -0.1) is 8.83 Å². The Morgan fingerprint density at radius 2 is 0.837 bits per heavy atom. The van der Waals surface area contributed by atoms with Crippen molar-refractivity contribution in [2.45, 2.75) is 41.5 Å². The highest BCUT2D eigenvalue weighted by molar-refractivity contribution is 7.92. The maximum absolute atomic E-state index is 15.1. The van der Waals surface area contributed by atoms with Crippen molar-refractivity contribution in [1.82, 2.24) is 8.83 Å². The zero-order chi connectivity index (χ0) is 35.4. The van der Waals surface area contributed by atoms with Crippen LogP contribution in [0.15, 0.2) is 150 Å². The van der Waals surface area contributed by atoms with Crippen LogP contribution in [0.5, 0.6) is 0 Å². The maximum atomic E-state index is 15.1. The Balaban J connectivity index is 1.94. The van der Waals surface area contributed by atoms with Crippen molar-refractivity contribution in [1.29, 1.82) is 0 Å². The van der Waals surface area contributed by atoms with Crippen LogP contribution < -0.4 is 11.5 Å². The summed E-state index contributed by atoms with van der Waals surface area (Å²) in [5, 5.41) is 0. The van der Waals surface area contributed by atoms with Gasteiger partial charge in [-0.2, -0.15) is 13.2 Å². The molecule has 0 heterocycles. The second kappa shape index (κ2) is 14.6. The summed E-state index contributed by atoms with van der Waals surface area (Å²) >= 11 is 0. The highest BCUT2D eigenvalue weighted by Crippen LogP contribution is 2.47. The number of hydrogen-bond donors (Lipinski definition) is 2. The molecule has 0 aliphatic rings. The lowest BCUT2D eigenvalue weighted by Gasteiger charge is -2.45. The van der Waals surface area contributed by atoms with Crippen LogP contribution in [0, 0.1) is 6.92 Å². The van der Waals surface area contributed by atoms with E-state index in [2.05, 4.69) is 0 Å². The Labute approximate surface area is 284 Å². The van der Waals surface area contributed by atoms with Gasteiger partial charge >= 0.3 is 15.5 Å². The quantitative estimate of drug-likeness (QED) is 0.135. The SMILES string of the molecule is Cc1ccc(S(=O)(=O)N(C(c2ccccc2)C(N)c2ccccc2)N(C(c2ccccc2)C(N)c2ccccc2)S(=O)(=O)C(F)(F)F)cc1. The van der Waals surface area contributed by atoms with Gasteiger partial charge in [-0.05, 0) is 41.3 Å². The summed E-state index contributed by atoms with van der Waals surface area (Å²) in [7, 11) is -11.7. The molecule has 4 N–H and O–H groups in total. The molecular formula is C36H35F3N4O4S2. The molecule has 0 saturated carbocycles. The second-order valence-corrected chi connectivity index (χ2v) is 15.0. The summed E-state index contributed by atoms with van der Waals surface area (Å²) in [6, 6.07) is 30.0. The van der Waals surface area contributed by atoms with Gasteiger partial charge < -0.3 is 11.5 Å². The molecule has 0 aromatic heterocycles. The van der Waals surface area contributed by atoms with Gasteiger partial charge in [0.1, 0.15) is 0 Å². The Hall–Kier alpha value is -4.37. The molecule has 5 aromatic carbocycles. The van der Waals surface area contributed by atoms with Crippen LogP contribution >= 0.6 is 0 Å². The van der Waals surface area contributed by atoms with E-state index in [0.29, 0.717) is 11.1 Å². The molecule has 256 valence electrons. The van der Waals surface area contributed by atoms with E-state index in [9.17, 15) is 8.42 Å². The highest BCUT2D eigenvalue weighted by Gasteiger charge is 2.59. The number of nitrogens with zero attached hydrogens (tertiary/aromatic N) is 2. The van der Waals surface area contributed by atoms with Crippen molar-refractivity contribution in [3.05, 3.63) is 173 Å². The summed E-state index contributed by atoms with van der Waals surface area (Å²) in [5.74, 6) is 0. The lowest BCUT2D eigenvalue weighted by atomic mass is 9.93. The molecule has 0 amide bonds. The van der Waals surface area contributed by atoms with E-state index in [-0.39, 0.29) is 25.5 Å². The third kappa shape index (κ3) is 7.47. The number of rotatable bonds is 12. The first-order chi connectivity index (χ1) is 23.2. The van der Waals surface area contributed by atoms with Crippen LogP contribution in [0.4, 0.5) is 13.2 Å². The van der Waals surface area contributed by atoms with Crippen LogP contribution in [0.25, 0.3) is 0 Å². The van der Waals surface area contributed by atoms with Gasteiger partial charge in [-0.25, -0.2) is 16.8 Å². The first-order valence-electron chi connectivity index (χ1n) is 15.2. The normalized spacial score (nSPS) is 15.1. The van der Waals surface area contributed by atoms with Gasteiger partial charge in [0.2, 0.25) is 0 Å². The number of hydrazine groups is 1. The minimum atomic E-state index is -6.56. The molecule has 0 fully saturated rings. The zero-order valence-corrected chi connectivity index (χ0v) is 27.9. The van der Waals surface area contributed by atoms with Gasteiger partial charge in [0.25, 0.3) is 10.0 Å². The Kier molecular flexibility index (Phi) is 10.7. The van der Waals surface area contributed by atoms with E-state index < -0.39 is 54.6 Å². The number of benzene rings is 5. The summed E-state index contributed by atoms with van der Waals surface area (Å²) in [6.07, 6.45) is 0. The molecule has 0 spiro atoms. The van der Waals surface area contributed by atoms with Crippen LogP contribution in [0.1, 0.15) is 52.0 Å². The minimum absolute atomic E-state index is 0.0101. The molecule has 49 heavy (non-hydrogen) atoms. The largest absolute Gasteiger partial charge is 0.512 e. The second-order valence-electron chi connectivity index (χ2n) is 11.4. The van der Waals surface area contributed by atoms with Gasteiger partial charge in [0.05, 0.1) is 29.1 Å². The van der Waals surface area contributed by atoms with E-state index >= 15 is 21.6 Å². The highest BCUT2D eigenvalue weighted by atomic mass is 32.2. The fourth-order valence-corrected chi connectivity index (χ4v) is 8.81.